The van der Waals surface area contributed by atoms with Crippen LogP contribution in [-0.4, -0.2) is 48.6 Å². The molecule has 0 unspecified atom stereocenters. The van der Waals surface area contributed by atoms with Crippen LogP contribution in [0.5, 0.6) is 0 Å². The van der Waals surface area contributed by atoms with Crippen LogP contribution in [0.1, 0.15) is 10.4 Å². The standard InChI is InChI=1S/C12H15N3O4/c1-15(2)10(16)7-13-12(19)14-9-5-3-8(4-6-9)11(17)18/h3-6H,7H2,1-2H3,(H,17,18)(H2,13,14,19). The molecule has 0 aliphatic carbocycles. The van der Waals surface area contributed by atoms with Gasteiger partial charge in [0.05, 0.1) is 12.1 Å². The summed E-state index contributed by atoms with van der Waals surface area (Å²) < 4.78 is 0. The Kier molecular flexibility index (Phi) is 4.87. The molecular formula is C12H15N3O4. The number of anilines is 1. The molecule has 0 heterocycles. The molecule has 102 valence electrons. The normalized spacial score (nSPS) is 9.58. The molecule has 19 heavy (non-hydrogen) atoms. The van der Waals surface area contributed by atoms with E-state index in [2.05, 4.69) is 10.6 Å². The average Bonchev–Trinajstić information content (AvgIpc) is 2.36. The molecule has 0 spiro atoms. The Morgan fingerprint density at radius 3 is 2.21 bits per heavy atom. The SMILES string of the molecule is CN(C)C(=O)CNC(=O)Nc1ccc(C(=O)O)cc1. The summed E-state index contributed by atoms with van der Waals surface area (Å²) in [6.45, 7) is -0.105. The first-order valence-electron chi connectivity index (χ1n) is 5.48. The van der Waals surface area contributed by atoms with Gasteiger partial charge in [0.15, 0.2) is 0 Å². The van der Waals surface area contributed by atoms with E-state index in [4.69, 9.17) is 5.11 Å². The minimum Gasteiger partial charge on any atom is -0.478 e. The van der Waals surface area contributed by atoms with Crippen LogP contribution >= 0.6 is 0 Å². The Balaban J connectivity index is 2.48. The summed E-state index contributed by atoms with van der Waals surface area (Å²) in [5, 5.41) is 13.6. The van der Waals surface area contributed by atoms with Gasteiger partial charge >= 0.3 is 12.0 Å². The molecule has 0 atom stereocenters. The minimum absolute atomic E-state index is 0.105. The number of carboxylic acids is 1. The summed E-state index contributed by atoms with van der Waals surface area (Å²) in [6.07, 6.45) is 0. The number of aromatic carboxylic acids is 1. The summed E-state index contributed by atoms with van der Waals surface area (Å²) in [7, 11) is 3.18. The zero-order chi connectivity index (χ0) is 14.4. The van der Waals surface area contributed by atoms with E-state index in [1.807, 2.05) is 0 Å². The molecule has 1 aromatic carbocycles. The summed E-state index contributed by atoms with van der Waals surface area (Å²) >= 11 is 0. The molecule has 0 bridgehead atoms. The molecule has 0 saturated heterocycles. The van der Waals surface area contributed by atoms with Crippen LogP contribution in [0, 0.1) is 0 Å². The maximum absolute atomic E-state index is 11.4. The number of nitrogens with one attached hydrogen (secondary N) is 2. The summed E-state index contributed by atoms with van der Waals surface area (Å²) in [6, 6.07) is 5.16. The third-order valence-corrected chi connectivity index (χ3v) is 2.29. The van der Waals surface area contributed by atoms with Crippen LogP contribution in [0.15, 0.2) is 24.3 Å². The van der Waals surface area contributed by atoms with Gasteiger partial charge in [-0.3, -0.25) is 4.79 Å². The number of urea groups is 1. The van der Waals surface area contributed by atoms with Gasteiger partial charge in [-0.2, -0.15) is 0 Å². The highest BCUT2D eigenvalue weighted by Crippen LogP contribution is 2.09. The number of rotatable bonds is 4. The van der Waals surface area contributed by atoms with Crippen LogP contribution < -0.4 is 10.6 Å². The van der Waals surface area contributed by atoms with Crippen LogP contribution in [0.3, 0.4) is 0 Å². The molecule has 0 aromatic heterocycles. The molecule has 3 N–H and O–H groups in total. The fraction of sp³-hybridized carbons (Fsp3) is 0.250. The van der Waals surface area contributed by atoms with Crippen molar-refractivity contribution in [2.45, 2.75) is 0 Å². The van der Waals surface area contributed by atoms with Gasteiger partial charge in [0.2, 0.25) is 5.91 Å². The number of carbonyl (C=O) groups excluding carboxylic acids is 2. The summed E-state index contributed by atoms with van der Waals surface area (Å²) in [5.41, 5.74) is 0.577. The summed E-state index contributed by atoms with van der Waals surface area (Å²) in [5.74, 6) is -1.26. The summed E-state index contributed by atoms with van der Waals surface area (Å²) in [4.78, 5) is 34.7. The minimum atomic E-state index is -1.03. The van der Waals surface area contributed by atoms with E-state index in [0.29, 0.717) is 5.69 Å². The molecule has 0 saturated carbocycles. The Labute approximate surface area is 110 Å². The monoisotopic (exact) mass is 265 g/mol. The predicted molar refractivity (Wildman–Crippen MR) is 69.1 cm³/mol. The van der Waals surface area contributed by atoms with E-state index >= 15 is 0 Å². The lowest BCUT2D eigenvalue weighted by Gasteiger charge is -2.11. The lowest BCUT2D eigenvalue weighted by atomic mass is 10.2. The molecule has 3 amide bonds. The van der Waals surface area contributed by atoms with Crippen molar-refractivity contribution in [3.63, 3.8) is 0 Å². The topological polar surface area (TPSA) is 98.7 Å². The van der Waals surface area contributed by atoms with Crippen molar-refractivity contribution in [1.82, 2.24) is 10.2 Å². The largest absolute Gasteiger partial charge is 0.478 e. The molecule has 0 aliphatic heterocycles. The highest BCUT2D eigenvalue weighted by atomic mass is 16.4. The molecule has 7 nitrogen and oxygen atoms in total. The third kappa shape index (κ3) is 4.66. The first kappa shape index (κ1) is 14.5. The maximum Gasteiger partial charge on any atom is 0.335 e. The smallest absolute Gasteiger partial charge is 0.335 e. The van der Waals surface area contributed by atoms with Gasteiger partial charge in [-0.15, -0.1) is 0 Å². The number of likely N-dealkylation sites (N-methyl/N-ethyl adjacent to an activating group) is 1. The molecule has 1 aromatic rings. The van der Waals surface area contributed by atoms with Crippen molar-refractivity contribution < 1.29 is 19.5 Å². The van der Waals surface area contributed by atoms with Crippen molar-refractivity contribution in [2.24, 2.45) is 0 Å². The number of hydrogen-bond acceptors (Lipinski definition) is 3. The van der Waals surface area contributed by atoms with E-state index in [1.54, 1.807) is 14.1 Å². The van der Waals surface area contributed by atoms with Crippen molar-refractivity contribution in [1.29, 1.82) is 0 Å². The lowest BCUT2D eigenvalue weighted by molar-refractivity contribution is -0.127. The number of carbonyl (C=O) groups is 3. The third-order valence-electron chi connectivity index (χ3n) is 2.29. The number of carboxylic acid groups (broad SMARTS) is 1. The first-order chi connectivity index (χ1) is 8.90. The molecule has 0 aliphatic rings. The van der Waals surface area contributed by atoms with Gasteiger partial charge in [-0.25, -0.2) is 9.59 Å². The number of hydrogen-bond donors (Lipinski definition) is 3. The van der Waals surface area contributed by atoms with Gasteiger partial charge in [-0.05, 0) is 24.3 Å². The Hall–Kier alpha value is -2.57. The fourth-order valence-corrected chi connectivity index (χ4v) is 1.19. The maximum atomic E-state index is 11.4. The van der Waals surface area contributed by atoms with Crippen molar-refractivity contribution in [3.05, 3.63) is 29.8 Å². The highest BCUT2D eigenvalue weighted by molar-refractivity contribution is 5.93. The predicted octanol–water partition coefficient (Wildman–Crippen LogP) is 0.595. The van der Waals surface area contributed by atoms with Gasteiger partial charge in [-0.1, -0.05) is 0 Å². The van der Waals surface area contributed by atoms with E-state index in [-0.39, 0.29) is 18.0 Å². The molecule has 7 heteroatoms. The van der Waals surface area contributed by atoms with Crippen molar-refractivity contribution in [2.75, 3.05) is 26.0 Å². The quantitative estimate of drug-likeness (QED) is 0.742. The molecular weight excluding hydrogens is 250 g/mol. The van der Waals surface area contributed by atoms with Gasteiger partial charge in [0.25, 0.3) is 0 Å². The van der Waals surface area contributed by atoms with Crippen LogP contribution in [-0.2, 0) is 4.79 Å². The average molecular weight is 265 g/mol. The van der Waals surface area contributed by atoms with Crippen LogP contribution in [0.4, 0.5) is 10.5 Å². The Morgan fingerprint density at radius 1 is 1.16 bits per heavy atom. The number of nitrogens with zero attached hydrogens (tertiary/aromatic N) is 1. The zero-order valence-corrected chi connectivity index (χ0v) is 10.6. The Bertz CT molecular complexity index is 482. The van der Waals surface area contributed by atoms with Crippen molar-refractivity contribution in [3.8, 4) is 0 Å². The van der Waals surface area contributed by atoms with E-state index < -0.39 is 12.0 Å². The number of amides is 3. The highest BCUT2D eigenvalue weighted by Gasteiger charge is 2.07. The van der Waals surface area contributed by atoms with Gasteiger partial charge in [0.1, 0.15) is 0 Å². The second-order valence-electron chi connectivity index (χ2n) is 3.98. The van der Waals surface area contributed by atoms with Gasteiger partial charge < -0.3 is 20.6 Å². The number of benzene rings is 1. The molecule has 0 fully saturated rings. The van der Waals surface area contributed by atoms with E-state index in [9.17, 15) is 14.4 Å². The van der Waals surface area contributed by atoms with Crippen LogP contribution in [0.25, 0.3) is 0 Å². The van der Waals surface area contributed by atoms with Crippen molar-refractivity contribution >= 4 is 23.6 Å². The second kappa shape index (κ2) is 6.39. The first-order valence-corrected chi connectivity index (χ1v) is 5.48. The molecule has 1 rings (SSSR count). The van der Waals surface area contributed by atoms with E-state index in [0.717, 1.165) is 0 Å². The Morgan fingerprint density at radius 2 is 1.74 bits per heavy atom. The fourth-order valence-electron chi connectivity index (χ4n) is 1.19. The zero-order valence-electron chi connectivity index (χ0n) is 10.6. The van der Waals surface area contributed by atoms with Gasteiger partial charge in [0, 0.05) is 19.8 Å². The van der Waals surface area contributed by atoms with E-state index in [1.165, 1.54) is 29.2 Å². The lowest BCUT2D eigenvalue weighted by Crippen LogP contribution is -2.38. The van der Waals surface area contributed by atoms with Crippen LogP contribution in [0.2, 0.25) is 0 Å². The second-order valence-corrected chi connectivity index (χ2v) is 3.98. The molecule has 0 radical (unpaired) electrons.